The summed E-state index contributed by atoms with van der Waals surface area (Å²) in [5.74, 6) is 18.0. The molecule has 0 amide bonds. The van der Waals surface area contributed by atoms with Gasteiger partial charge in [0.1, 0.15) is 0 Å². The maximum absolute atomic E-state index is 3.56. The molecule has 0 saturated carbocycles. The summed E-state index contributed by atoms with van der Waals surface area (Å²) >= 11 is -3.26. The molecule has 0 rings (SSSR count). The van der Waals surface area contributed by atoms with E-state index in [4.69, 9.17) is 0 Å². The summed E-state index contributed by atoms with van der Waals surface area (Å²) in [6, 6.07) is 0. The van der Waals surface area contributed by atoms with Crippen LogP contribution >= 0.6 is 0 Å². The Labute approximate surface area is 89.6 Å². The molecule has 0 aromatic rings. The molecule has 0 radical (unpaired) electrons. The van der Waals surface area contributed by atoms with Crippen LogP contribution in [-0.2, 0) is 0 Å². The number of rotatable bonds is 1. The van der Waals surface area contributed by atoms with Crippen LogP contribution in [0.5, 0.6) is 0 Å². The molecule has 0 atom stereocenters. The van der Waals surface area contributed by atoms with Crippen molar-refractivity contribution in [2.75, 3.05) is 0 Å². The normalized spacial score (nSPS) is 13.5. The van der Waals surface area contributed by atoms with E-state index in [2.05, 4.69) is 59.1 Å². The van der Waals surface area contributed by atoms with Crippen LogP contribution in [0.4, 0.5) is 0 Å². The first-order chi connectivity index (χ1) is 5.46. The van der Waals surface area contributed by atoms with Crippen molar-refractivity contribution in [2.45, 2.75) is 52.6 Å². The van der Waals surface area contributed by atoms with E-state index in [0.717, 1.165) is 0 Å². The summed E-state index contributed by atoms with van der Waals surface area (Å²) in [4.78, 5) is 0. The molecule has 2 heteroatoms. The summed E-state index contributed by atoms with van der Waals surface area (Å²) < 4.78 is 3.87. The zero-order chi connectivity index (χ0) is 10.9. The monoisotopic (exact) mass is 304 g/mol. The van der Waals surface area contributed by atoms with Gasteiger partial charge in [-0.25, -0.2) is 0 Å². The van der Waals surface area contributed by atoms with E-state index in [9.17, 15) is 0 Å². The fourth-order valence-electron chi connectivity index (χ4n) is 0.531. The van der Waals surface area contributed by atoms with Gasteiger partial charge in [-0.1, -0.05) is 0 Å². The van der Waals surface area contributed by atoms with Crippen molar-refractivity contribution in [3.8, 4) is 10.7 Å². The van der Waals surface area contributed by atoms with E-state index < -0.39 is 26.5 Å². The first-order valence-corrected chi connectivity index (χ1v) is 19.7. The van der Waals surface area contributed by atoms with Gasteiger partial charge in [0.2, 0.25) is 0 Å². The molecule has 0 aliphatic carbocycles. The molecular formula is C11H24Ge2. The minimum absolute atomic E-state index is 0.318. The van der Waals surface area contributed by atoms with E-state index in [0.29, 0.717) is 4.25 Å². The Morgan fingerprint density at radius 3 is 1.46 bits per heavy atom. The Bertz CT molecular complexity index is 228. The maximum atomic E-state index is 3.56. The van der Waals surface area contributed by atoms with Crippen LogP contribution < -0.4 is 0 Å². The molecule has 0 aromatic carbocycles. The Hall–Kier alpha value is 0.646. The molecule has 0 spiro atoms. The van der Waals surface area contributed by atoms with Gasteiger partial charge in [-0.05, 0) is 0 Å². The minimum atomic E-state index is -1.64. The predicted octanol–water partition coefficient (Wildman–Crippen LogP) is 3.99. The van der Waals surface area contributed by atoms with Crippen molar-refractivity contribution in [3.05, 3.63) is 0 Å². The molecule has 0 aromatic heterocycles. The van der Waals surface area contributed by atoms with Crippen molar-refractivity contribution in [3.63, 3.8) is 0 Å². The second kappa shape index (κ2) is 4.02. The third-order valence-electron chi connectivity index (χ3n) is 2.62. The average molecular weight is 302 g/mol. The molecule has 0 aliphatic rings. The van der Waals surface area contributed by atoms with Gasteiger partial charge in [-0.3, -0.25) is 0 Å². The Morgan fingerprint density at radius 1 is 0.846 bits per heavy atom. The van der Waals surface area contributed by atoms with Gasteiger partial charge in [0.15, 0.2) is 0 Å². The second-order valence-electron chi connectivity index (χ2n) is 6.38. The van der Waals surface area contributed by atoms with Crippen molar-refractivity contribution in [1.29, 1.82) is 0 Å². The Morgan fingerprint density at radius 2 is 1.23 bits per heavy atom. The second-order valence-corrected chi connectivity index (χ2v) is 28.4. The van der Waals surface area contributed by atoms with E-state index in [1.54, 1.807) is 0 Å². The van der Waals surface area contributed by atoms with Crippen LogP contribution in [0.3, 0.4) is 0 Å². The Kier molecular flexibility index (Phi) is 4.22. The van der Waals surface area contributed by atoms with Crippen molar-refractivity contribution >= 4 is 26.5 Å². The van der Waals surface area contributed by atoms with Crippen molar-refractivity contribution in [1.82, 2.24) is 0 Å². The predicted molar refractivity (Wildman–Crippen MR) is 68.5 cm³/mol. The Balaban J connectivity index is 4.77. The summed E-state index contributed by atoms with van der Waals surface area (Å²) in [5, 5.41) is 0. The van der Waals surface area contributed by atoms with Crippen LogP contribution in [-0.4, -0.2) is 26.5 Å². The molecule has 0 aliphatic heterocycles. The fraction of sp³-hybridized carbons (Fsp3) is 0.818. The van der Waals surface area contributed by atoms with Gasteiger partial charge >= 0.3 is 89.8 Å². The molecule has 76 valence electrons. The van der Waals surface area contributed by atoms with Gasteiger partial charge in [-0.2, -0.15) is 0 Å². The molecule has 0 bridgehead atoms. The summed E-state index contributed by atoms with van der Waals surface area (Å²) in [6.45, 7) is 4.65. The van der Waals surface area contributed by atoms with E-state index >= 15 is 0 Å². The molecule has 0 nitrogen and oxygen atoms in total. The average Bonchev–Trinajstić information content (AvgIpc) is 1.79. The van der Waals surface area contributed by atoms with Gasteiger partial charge in [-0.15, -0.1) is 0 Å². The van der Waals surface area contributed by atoms with E-state index in [1.807, 2.05) is 0 Å². The van der Waals surface area contributed by atoms with Gasteiger partial charge in [0, 0.05) is 0 Å². The van der Waals surface area contributed by atoms with Crippen LogP contribution in [0.25, 0.3) is 0 Å². The van der Waals surface area contributed by atoms with Crippen LogP contribution in [0.1, 0.15) is 13.8 Å². The molecule has 0 fully saturated rings. The molecule has 0 N–H and O–H groups in total. The zero-order valence-corrected chi connectivity index (χ0v) is 14.7. The molecule has 0 heterocycles. The standard InChI is InChI=1S/C11H24Ge2/c1-11(2,13(6,7)8)9-10-12(3,4)5/h1-8H3. The number of hydrogen-bond donors (Lipinski definition) is 0. The molecule has 0 unspecified atom stereocenters. The van der Waals surface area contributed by atoms with Gasteiger partial charge in [0.25, 0.3) is 0 Å². The third-order valence-corrected chi connectivity index (χ3v) is 12.6. The quantitative estimate of drug-likeness (QED) is 0.507. The van der Waals surface area contributed by atoms with Crippen LogP contribution in [0.15, 0.2) is 0 Å². The topological polar surface area (TPSA) is 0 Å². The first-order valence-electron chi connectivity index (χ1n) is 5.00. The molecule has 0 saturated heterocycles. The van der Waals surface area contributed by atoms with Crippen molar-refractivity contribution in [2.24, 2.45) is 0 Å². The molecule has 13 heavy (non-hydrogen) atoms. The van der Waals surface area contributed by atoms with Crippen LogP contribution in [0.2, 0.25) is 38.8 Å². The van der Waals surface area contributed by atoms with E-state index in [1.165, 1.54) is 0 Å². The fourth-order valence-corrected chi connectivity index (χ4v) is 3.44. The molecular weight excluding hydrogens is 277 g/mol. The third kappa shape index (κ3) is 5.17. The summed E-state index contributed by atoms with van der Waals surface area (Å²) in [7, 11) is 0. The SMILES string of the molecule is C[C](C)(C#[C][Ge]([CH3])([CH3])[CH3])[Ge]([CH3])([CH3])[CH3]. The zero-order valence-electron chi connectivity index (χ0n) is 10.5. The van der Waals surface area contributed by atoms with Crippen LogP contribution in [0, 0.1) is 10.7 Å². The van der Waals surface area contributed by atoms with E-state index in [-0.39, 0.29) is 0 Å². The van der Waals surface area contributed by atoms with Crippen molar-refractivity contribution < 1.29 is 0 Å². The first kappa shape index (κ1) is 13.6. The summed E-state index contributed by atoms with van der Waals surface area (Å²) in [6.07, 6.45) is 0. The van der Waals surface area contributed by atoms with Gasteiger partial charge < -0.3 is 0 Å². The number of hydrogen-bond acceptors (Lipinski definition) is 0. The summed E-state index contributed by atoms with van der Waals surface area (Å²) in [5.41, 5.74) is 0. The van der Waals surface area contributed by atoms with Gasteiger partial charge in [0.05, 0.1) is 0 Å².